The van der Waals surface area contributed by atoms with Gasteiger partial charge in [0, 0.05) is 43.8 Å². The number of aromatic amines is 2. The fraction of sp³-hybridized carbons (Fsp3) is 0. The molecule has 8 bridgehead atoms. The number of H-pyrrole nitrogens is 2. The lowest BCUT2D eigenvalue weighted by atomic mass is 10.0. The Labute approximate surface area is 316 Å². The molecule has 0 saturated heterocycles. The summed E-state index contributed by atoms with van der Waals surface area (Å²) in [6.45, 7) is 0. The highest BCUT2D eigenvalue weighted by Crippen LogP contribution is 2.48. The fourth-order valence-corrected chi connectivity index (χ4v) is 10.8. The molecule has 0 amide bonds. The van der Waals surface area contributed by atoms with E-state index in [1.54, 1.807) is 0 Å². The van der Waals surface area contributed by atoms with E-state index in [0.717, 1.165) is 0 Å². The van der Waals surface area contributed by atoms with E-state index in [0.29, 0.717) is 0 Å². The molecule has 7 aromatic rings. The third-order valence-electron chi connectivity index (χ3n) is 9.55. The maximum absolute atomic E-state index is 13.6. The van der Waals surface area contributed by atoms with Crippen LogP contribution in [0.3, 0.4) is 0 Å². The van der Waals surface area contributed by atoms with E-state index in [9.17, 15) is 51.9 Å². The van der Waals surface area contributed by atoms with Crippen LogP contribution >= 0.6 is 0 Å². The van der Waals surface area contributed by atoms with Crippen LogP contribution in [0.2, 0.25) is 0 Å². The molecule has 3 aromatic heterocycles. The van der Waals surface area contributed by atoms with Crippen molar-refractivity contribution in [3.05, 3.63) is 97.1 Å². The lowest BCUT2D eigenvalue weighted by molar-refractivity contribution is 0.482. The van der Waals surface area contributed by atoms with Gasteiger partial charge in [-0.2, -0.15) is 33.7 Å². The van der Waals surface area contributed by atoms with E-state index in [1.165, 1.54) is 97.1 Å². The van der Waals surface area contributed by atoms with E-state index in [4.69, 9.17) is 0 Å². The van der Waals surface area contributed by atoms with Crippen molar-refractivity contribution in [2.75, 3.05) is 0 Å². The first-order valence-electron chi connectivity index (χ1n) is 16.1. The minimum Gasteiger partial charge on any atom is -0.352 e. The summed E-state index contributed by atoms with van der Waals surface area (Å²) in [6.07, 6.45) is 0. The summed E-state index contributed by atoms with van der Waals surface area (Å²) in [5, 5.41) is -0.0776. The highest BCUT2D eigenvalue weighted by molar-refractivity contribution is 7.87. The Morgan fingerprint density at radius 1 is 0.339 bits per heavy atom. The summed E-state index contributed by atoms with van der Waals surface area (Å²) < 4.78 is 152. The van der Waals surface area contributed by atoms with Gasteiger partial charge in [-0.3, -0.25) is 18.2 Å². The Morgan fingerprint density at radius 3 is 0.732 bits per heavy atom. The average molecular weight is 831 g/mol. The minimum atomic E-state index is -5.39. The second kappa shape index (κ2) is 11.8. The maximum atomic E-state index is 13.6. The zero-order valence-electron chi connectivity index (χ0n) is 27.8. The summed E-state index contributed by atoms with van der Waals surface area (Å²) in [5.41, 5.74) is -4.07. The molecule has 0 atom stereocenters. The Morgan fingerprint density at radius 2 is 0.536 bits per heavy atom. The van der Waals surface area contributed by atoms with Crippen molar-refractivity contribution in [1.29, 1.82) is 0 Å². The van der Waals surface area contributed by atoms with E-state index in [2.05, 4.69) is 19.9 Å². The van der Waals surface area contributed by atoms with Crippen molar-refractivity contribution in [1.82, 2.24) is 19.9 Å². The second-order valence-electron chi connectivity index (χ2n) is 12.8. The maximum Gasteiger partial charge on any atom is 0.298 e. The molecule has 0 unspecified atom stereocenters. The quantitative estimate of drug-likeness (QED) is 0.107. The van der Waals surface area contributed by atoms with Crippen molar-refractivity contribution in [2.45, 2.75) is 19.6 Å². The molecular formula is C36H22N4O12S4. The van der Waals surface area contributed by atoms with Crippen molar-refractivity contribution >= 4 is 84.1 Å². The molecule has 0 saturated carbocycles. The van der Waals surface area contributed by atoms with Gasteiger partial charge in [-0.25, -0.2) is 9.97 Å². The molecule has 2 aliphatic rings. The zero-order valence-corrected chi connectivity index (χ0v) is 31.1. The smallest absolute Gasteiger partial charge is 0.298 e. The number of rotatable bonds is 4. The Balaban J connectivity index is 1.75. The molecule has 0 fully saturated rings. The van der Waals surface area contributed by atoms with Crippen LogP contribution in [-0.2, 0) is 40.5 Å². The lowest BCUT2D eigenvalue weighted by Crippen LogP contribution is -2.03. The van der Waals surface area contributed by atoms with Gasteiger partial charge in [-0.05, 0) is 0 Å². The van der Waals surface area contributed by atoms with Crippen LogP contribution in [0.4, 0.5) is 0 Å². The standard InChI is InChI=1S/C36H22N4O12S4/c41-53(42,43)33-25-17-9-1-2-10-18(17)26(37-25)34(54(44,45)46)28-21-13-5-6-14-22(21)30(39-28)36(56(50,51)52)32-24-16-8-7-15-23(24)31(40-32)35(55(47,48)49)29-20-12-4-3-11-19(20)27(33)38-29/h1-16,37,40H,(H,41,42,43)(H,44,45,46)(H,47,48,49)(H,50,51,52). The summed E-state index contributed by atoms with van der Waals surface area (Å²) in [6, 6.07) is 22.8. The van der Waals surface area contributed by atoms with E-state index >= 15 is 0 Å². The predicted octanol–water partition coefficient (Wildman–Crippen LogP) is 6.28. The number of nitrogens with one attached hydrogen (secondary N) is 2. The van der Waals surface area contributed by atoms with E-state index < -0.39 is 105 Å². The topological polar surface area (TPSA) is 275 Å². The molecular weight excluding hydrogens is 809 g/mol. The summed E-state index contributed by atoms with van der Waals surface area (Å²) in [5.74, 6) is 0. The molecule has 0 aliphatic carbocycles. The van der Waals surface area contributed by atoms with Crippen molar-refractivity contribution in [3.63, 3.8) is 0 Å². The van der Waals surface area contributed by atoms with Crippen molar-refractivity contribution < 1.29 is 51.9 Å². The van der Waals surface area contributed by atoms with E-state index in [-0.39, 0.29) is 43.8 Å². The zero-order chi connectivity index (χ0) is 39.7. The highest BCUT2D eigenvalue weighted by Gasteiger charge is 2.36. The molecule has 6 N–H and O–H groups in total. The molecule has 20 heteroatoms. The fourth-order valence-electron chi connectivity index (χ4n) is 7.50. The number of benzene rings is 4. The van der Waals surface area contributed by atoms with Crippen LogP contribution in [0.25, 0.3) is 88.6 Å². The Hall–Kier alpha value is -5.84. The third kappa shape index (κ3) is 5.30. The highest BCUT2D eigenvalue weighted by atomic mass is 32.2. The first-order chi connectivity index (χ1) is 26.4. The molecule has 9 rings (SSSR count). The van der Waals surface area contributed by atoms with Gasteiger partial charge >= 0.3 is 0 Å². The molecule has 2 aliphatic heterocycles. The molecule has 0 radical (unpaired) electrons. The third-order valence-corrected chi connectivity index (χ3v) is 13.2. The van der Waals surface area contributed by atoms with Gasteiger partial charge in [-0.15, -0.1) is 0 Å². The number of hydrogen-bond donors (Lipinski definition) is 6. The SMILES string of the molecule is O=S(=O)(O)c1c2nc(c(S(=O)(=O)O)c3[nH]c(c(S(=O)(=O)O)c4nc(c(S(=O)(=O)O)c5[nH]c1c1ccccc51)-c1ccccc1-4)c1ccccc31)-c1ccccc1-2. The van der Waals surface area contributed by atoms with Crippen LogP contribution in [0.5, 0.6) is 0 Å². The van der Waals surface area contributed by atoms with Crippen LogP contribution < -0.4 is 0 Å². The average Bonchev–Trinajstić information content (AvgIpc) is 3.86. The molecule has 0 spiro atoms. The Kier molecular flexibility index (Phi) is 7.57. The first kappa shape index (κ1) is 35.8. The second-order valence-corrected chi connectivity index (χ2v) is 18.2. The first-order valence-corrected chi connectivity index (χ1v) is 21.8. The minimum absolute atomic E-state index is 0.0194. The molecule has 56 heavy (non-hydrogen) atoms. The summed E-state index contributed by atoms with van der Waals surface area (Å²) >= 11 is 0. The van der Waals surface area contributed by atoms with Crippen LogP contribution in [0.1, 0.15) is 0 Å². The van der Waals surface area contributed by atoms with Gasteiger partial charge in [0.05, 0.1) is 44.8 Å². The molecule has 5 heterocycles. The number of fused-ring (bicyclic) bond motifs is 20. The number of hydrogen-bond acceptors (Lipinski definition) is 10. The normalized spacial score (nSPS) is 13.2. The molecule has 282 valence electrons. The number of nitrogens with zero attached hydrogens (tertiary/aromatic N) is 2. The molecule has 16 nitrogen and oxygen atoms in total. The monoisotopic (exact) mass is 830 g/mol. The van der Waals surface area contributed by atoms with Gasteiger partial charge in [0.25, 0.3) is 40.5 Å². The Bertz CT molecular complexity index is 3130. The molecule has 4 aromatic carbocycles. The van der Waals surface area contributed by atoms with Gasteiger partial charge in [0.2, 0.25) is 0 Å². The van der Waals surface area contributed by atoms with Gasteiger partial charge in [0.15, 0.2) is 0 Å². The van der Waals surface area contributed by atoms with Crippen LogP contribution in [0.15, 0.2) is 117 Å². The van der Waals surface area contributed by atoms with Crippen molar-refractivity contribution in [2.24, 2.45) is 0 Å². The summed E-state index contributed by atoms with van der Waals surface area (Å²) in [4.78, 5) is 10.6. The largest absolute Gasteiger partial charge is 0.352 e. The predicted molar refractivity (Wildman–Crippen MR) is 204 cm³/mol. The van der Waals surface area contributed by atoms with Gasteiger partial charge in [0.1, 0.15) is 19.6 Å². The van der Waals surface area contributed by atoms with Crippen LogP contribution in [-0.4, -0.2) is 71.8 Å². The summed E-state index contributed by atoms with van der Waals surface area (Å²) in [7, 11) is -21.6. The van der Waals surface area contributed by atoms with Crippen LogP contribution in [0, 0.1) is 0 Å². The van der Waals surface area contributed by atoms with E-state index in [1.807, 2.05) is 0 Å². The van der Waals surface area contributed by atoms with Crippen molar-refractivity contribution in [3.8, 4) is 45.0 Å². The van der Waals surface area contributed by atoms with Gasteiger partial charge < -0.3 is 9.97 Å². The lowest BCUT2D eigenvalue weighted by Gasteiger charge is -2.05. The number of aromatic nitrogens is 4. The van der Waals surface area contributed by atoms with Gasteiger partial charge in [-0.1, -0.05) is 97.1 Å².